The second-order valence-electron chi connectivity index (χ2n) is 6.20. The summed E-state index contributed by atoms with van der Waals surface area (Å²) >= 11 is 0. The van der Waals surface area contributed by atoms with E-state index < -0.39 is 10.0 Å². The highest BCUT2D eigenvalue weighted by Gasteiger charge is 2.33. The molecule has 1 saturated heterocycles. The van der Waals surface area contributed by atoms with Crippen molar-refractivity contribution in [3.8, 4) is 0 Å². The molecule has 1 atom stereocenters. The van der Waals surface area contributed by atoms with Crippen molar-refractivity contribution in [1.82, 2.24) is 19.4 Å². The number of aryl methyl sites for hydroxylation is 1. The van der Waals surface area contributed by atoms with Crippen molar-refractivity contribution in [2.45, 2.75) is 44.2 Å². The summed E-state index contributed by atoms with van der Waals surface area (Å²) in [4.78, 5) is 2.30. The van der Waals surface area contributed by atoms with Crippen LogP contribution in [0, 0.1) is 0 Å². The van der Waals surface area contributed by atoms with Gasteiger partial charge < -0.3 is 0 Å². The summed E-state index contributed by atoms with van der Waals surface area (Å²) in [5, 5.41) is 4.40. The number of aromatic nitrogens is 2. The van der Waals surface area contributed by atoms with Gasteiger partial charge >= 0.3 is 0 Å². The second kappa shape index (κ2) is 5.70. The number of sulfonamides is 1. The predicted molar refractivity (Wildman–Crippen MR) is 81.5 cm³/mol. The van der Waals surface area contributed by atoms with Crippen molar-refractivity contribution in [3.63, 3.8) is 0 Å². The Hall–Kier alpha value is -0.920. The highest BCUT2D eigenvalue weighted by atomic mass is 32.2. The number of hydrogen-bond acceptors (Lipinski definition) is 4. The van der Waals surface area contributed by atoms with Crippen molar-refractivity contribution >= 4 is 10.0 Å². The molecule has 2 fully saturated rings. The fourth-order valence-corrected chi connectivity index (χ4v) is 4.40. The van der Waals surface area contributed by atoms with E-state index >= 15 is 0 Å². The molecule has 1 N–H and O–H groups in total. The molecule has 3 rings (SSSR count). The van der Waals surface area contributed by atoms with Crippen LogP contribution in [0.2, 0.25) is 0 Å². The van der Waals surface area contributed by atoms with Crippen LogP contribution in [-0.4, -0.2) is 48.5 Å². The SMILES string of the molecule is CNS(=O)(=O)CC1CCCN1Cc1cnn(C)c1C1CC1. The van der Waals surface area contributed by atoms with Crippen molar-refractivity contribution in [2.75, 3.05) is 19.3 Å². The van der Waals surface area contributed by atoms with E-state index in [9.17, 15) is 8.42 Å². The molecule has 1 aliphatic carbocycles. The highest BCUT2D eigenvalue weighted by Crippen LogP contribution is 2.41. The molecule has 1 unspecified atom stereocenters. The summed E-state index contributed by atoms with van der Waals surface area (Å²) in [6.45, 7) is 1.80. The van der Waals surface area contributed by atoms with E-state index in [-0.39, 0.29) is 11.8 Å². The second-order valence-corrected chi connectivity index (χ2v) is 8.18. The summed E-state index contributed by atoms with van der Waals surface area (Å²) in [5.74, 6) is 0.859. The Balaban J connectivity index is 1.72. The fourth-order valence-electron chi connectivity index (χ4n) is 3.34. The molecular formula is C14H24N4O2S. The van der Waals surface area contributed by atoms with Crippen LogP contribution in [-0.2, 0) is 23.6 Å². The molecular weight excluding hydrogens is 288 g/mol. The van der Waals surface area contributed by atoms with Gasteiger partial charge in [0.15, 0.2) is 0 Å². The molecule has 118 valence electrons. The summed E-state index contributed by atoms with van der Waals surface area (Å²) in [6, 6.07) is 0.120. The van der Waals surface area contributed by atoms with Crippen molar-refractivity contribution in [3.05, 3.63) is 17.5 Å². The average Bonchev–Trinajstić information content (AvgIpc) is 3.09. The van der Waals surface area contributed by atoms with Crippen LogP contribution < -0.4 is 4.72 Å². The first-order valence-corrected chi connectivity index (χ1v) is 9.31. The first-order chi connectivity index (χ1) is 10.00. The number of nitrogens with one attached hydrogen (secondary N) is 1. The first kappa shape index (κ1) is 15.0. The Bertz CT molecular complexity index is 606. The molecule has 2 heterocycles. The molecule has 1 aromatic heterocycles. The molecule has 6 nitrogen and oxygen atoms in total. The van der Waals surface area contributed by atoms with Crippen molar-refractivity contribution in [2.24, 2.45) is 7.05 Å². The average molecular weight is 312 g/mol. The van der Waals surface area contributed by atoms with Gasteiger partial charge in [-0.2, -0.15) is 5.10 Å². The van der Waals surface area contributed by atoms with E-state index in [1.807, 2.05) is 17.9 Å². The highest BCUT2D eigenvalue weighted by molar-refractivity contribution is 7.89. The molecule has 1 aromatic rings. The standard InChI is InChI=1S/C14H24N4O2S/c1-15-21(19,20)10-13-4-3-7-18(13)9-12-8-16-17(2)14(12)11-5-6-11/h8,11,13,15H,3-7,9-10H2,1-2H3. The lowest BCUT2D eigenvalue weighted by atomic mass is 10.1. The van der Waals surface area contributed by atoms with Crippen LogP contribution in [0.1, 0.15) is 42.9 Å². The number of nitrogens with zero attached hydrogens (tertiary/aromatic N) is 3. The topological polar surface area (TPSA) is 67.2 Å². The molecule has 7 heteroatoms. The van der Waals surface area contributed by atoms with Crippen molar-refractivity contribution < 1.29 is 8.42 Å². The minimum atomic E-state index is -3.15. The molecule has 2 aliphatic rings. The van der Waals surface area contributed by atoms with Gasteiger partial charge in [-0.05, 0) is 39.3 Å². The van der Waals surface area contributed by atoms with Crippen LogP contribution in [0.5, 0.6) is 0 Å². The maximum Gasteiger partial charge on any atom is 0.212 e. The molecule has 1 saturated carbocycles. The Kier molecular flexibility index (Phi) is 4.07. The van der Waals surface area contributed by atoms with Crippen LogP contribution in [0.3, 0.4) is 0 Å². The van der Waals surface area contributed by atoms with Crippen LogP contribution >= 0.6 is 0 Å². The van der Waals surface area contributed by atoms with E-state index in [0.717, 1.165) is 25.9 Å². The molecule has 1 aliphatic heterocycles. The lowest BCUT2D eigenvalue weighted by molar-refractivity contribution is 0.260. The van der Waals surface area contributed by atoms with Crippen molar-refractivity contribution in [1.29, 1.82) is 0 Å². The third kappa shape index (κ3) is 3.30. The Labute approximate surface area is 126 Å². The maximum atomic E-state index is 11.8. The zero-order valence-corrected chi connectivity index (χ0v) is 13.6. The Morgan fingerprint density at radius 3 is 2.81 bits per heavy atom. The molecule has 0 amide bonds. The van der Waals surface area contributed by atoms with Gasteiger partial charge in [-0.15, -0.1) is 0 Å². The van der Waals surface area contributed by atoms with Gasteiger partial charge in [0.1, 0.15) is 0 Å². The lowest BCUT2D eigenvalue weighted by Crippen LogP contribution is -2.38. The molecule has 0 spiro atoms. The van der Waals surface area contributed by atoms with Gasteiger partial charge in [0, 0.05) is 36.8 Å². The number of likely N-dealkylation sites (tertiary alicyclic amines) is 1. The third-order valence-electron chi connectivity index (χ3n) is 4.62. The van der Waals surface area contributed by atoms with Gasteiger partial charge in [-0.25, -0.2) is 13.1 Å². The molecule has 0 radical (unpaired) electrons. The van der Waals surface area contributed by atoms with E-state index in [2.05, 4.69) is 14.7 Å². The summed E-state index contributed by atoms with van der Waals surface area (Å²) in [7, 11) is 0.342. The lowest BCUT2D eigenvalue weighted by Gasteiger charge is -2.24. The zero-order chi connectivity index (χ0) is 15.0. The van der Waals surface area contributed by atoms with Crippen LogP contribution in [0.25, 0.3) is 0 Å². The van der Waals surface area contributed by atoms with E-state index in [0.29, 0.717) is 5.92 Å². The molecule has 21 heavy (non-hydrogen) atoms. The third-order valence-corrected chi connectivity index (χ3v) is 6.07. The zero-order valence-electron chi connectivity index (χ0n) is 12.7. The van der Waals surface area contributed by atoms with E-state index in [1.165, 1.54) is 31.1 Å². The van der Waals surface area contributed by atoms with Gasteiger partial charge in [-0.3, -0.25) is 9.58 Å². The minimum absolute atomic E-state index is 0.120. The van der Waals surface area contributed by atoms with Gasteiger partial charge in [0.05, 0.1) is 11.9 Å². The number of hydrogen-bond donors (Lipinski definition) is 1. The summed E-state index contributed by atoms with van der Waals surface area (Å²) < 4.78 is 28.0. The van der Waals surface area contributed by atoms with Crippen LogP contribution in [0.4, 0.5) is 0 Å². The van der Waals surface area contributed by atoms with Crippen LogP contribution in [0.15, 0.2) is 6.20 Å². The molecule has 0 bridgehead atoms. The summed E-state index contributed by atoms with van der Waals surface area (Å²) in [6.07, 6.45) is 6.49. The minimum Gasteiger partial charge on any atom is -0.295 e. The van der Waals surface area contributed by atoms with Gasteiger partial charge in [0.25, 0.3) is 0 Å². The molecule has 0 aromatic carbocycles. The summed E-state index contributed by atoms with van der Waals surface area (Å²) in [5.41, 5.74) is 2.62. The Morgan fingerprint density at radius 1 is 1.38 bits per heavy atom. The normalized spacial score (nSPS) is 23.8. The Morgan fingerprint density at radius 2 is 2.14 bits per heavy atom. The largest absolute Gasteiger partial charge is 0.295 e. The predicted octanol–water partition coefficient (Wildman–Crippen LogP) is 0.811. The fraction of sp³-hybridized carbons (Fsp3) is 0.786. The van der Waals surface area contributed by atoms with Gasteiger partial charge in [0.2, 0.25) is 10.0 Å². The monoisotopic (exact) mass is 312 g/mol. The smallest absolute Gasteiger partial charge is 0.212 e. The van der Waals surface area contributed by atoms with E-state index in [1.54, 1.807) is 0 Å². The number of rotatable bonds is 6. The quantitative estimate of drug-likeness (QED) is 0.844. The van der Waals surface area contributed by atoms with E-state index in [4.69, 9.17) is 0 Å². The first-order valence-electron chi connectivity index (χ1n) is 7.66. The maximum absolute atomic E-state index is 11.8. The van der Waals surface area contributed by atoms with Gasteiger partial charge in [-0.1, -0.05) is 0 Å².